The van der Waals surface area contributed by atoms with Gasteiger partial charge in [0, 0.05) is 0 Å². The van der Waals surface area contributed by atoms with Crippen LogP contribution in [0.5, 0.6) is 0 Å². The summed E-state index contributed by atoms with van der Waals surface area (Å²) in [5.41, 5.74) is 3.20. The van der Waals surface area contributed by atoms with E-state index in [4.69, 9.17) is 0 Å². The van der Waals surface area contributed by atoms with E-state index in [1.165, 1.54) is 32.1 Å². The summed E-state index contributed by atoms with van der Waals surface area (Å²) in [6, 6.07) is 0. The maximum absolute atomic E-state index is 2.39. The zero-order chi connectivity index (χ0) is 12.8. The van der Waals surface area contributed by atoms with Gasteiger partial charge in [0.15, 0.2) is 0 Å². The second-order valence-electron chi connectivity index (χ2n) is 4.98. The maximum atomic E-state index is 2.39. The fourth-order valence-electron chi connectivity index (χ4n) is 2.08. The van der Waals surface area contributed by atoms with Crippen molar-refractivity contribution < 1.29 is 0 Å². The Balaban J connectivity index is 2.57. The van der Waals surface area contributed by atoms with E-state index in [9.17, 15) is 0 Å². The molecule has 2 radical (unpaired) electrons. The summed E-state index contributed by atoms with van der Waals surface area (Å²) >= 11 is 1.76. The van der Waals surface area contributed by atoms with Crippen molar-refractivity contribution in [3.63, 3.8) is 0 Å². The standard InChI is InChI=1S/C8H17.C7H9S.Sn/c1-3-5-7-8-6-4-2;1-5-4-8-7(3)6(5)2;/h5H,3-4,6-8H2,1-2H3;1-3H3;. The van der Waals surface area contributed by atoms with Crippen LogP contribution in [0.15, 0.2) is 0 Å². The van der Waals surface area contributed by atoms with Gasteiger partial charge in [0.2, 0.25) is 0 Å². The summed E-state index contributed by atoms with van der Waals surface area (Å²) in [5, 5.41) is 0. The first-order valence-corrected chi connectivity index (χ1v) is 10.8. The Morgan fingerprint density at radius 3 is 2.24 bits per heavy atom. The normalized spacial score (nSPS) is 13.0. The molecule has 1 aromatic rings. The number of thiophene rings is 1. The van der Waals surface area contributed by atoms with Crippen LogP contribution in [0.1, 0.15) is 62.0 Å². The molecule has 2 heteroatoms. The molecule has 1 aromatic heterocycles. The van der Waals surface area contributed by atoms with Gasteiger partial charge in [0.05, 0.1) is 0 Å². The minimum atomic E-state index is -0.338. The van der Waals surface area contributed by atoms with Crippen molar-refractivity contribution in [2.24, 2.45) is 0 Å². The van der Waals surface area contributed by atoms with E-state index in [-0.39, 0.29) is 21.1 Å². The fraction of sp³-hybridized carbons (Fsp3) is 0.733. The molecule has 1 rings (SSSR count). The summed E-state index contributed by atoms with van der Waals surface area (Å²) in [6.45, 7) is 11.6. The van der Waals surface area contributed by atoms with Crippen LogP contribution in [-0.2, 0) is 0 Å². The summed E-state index contributed by atoms with van der Waals surface area (Å²) in [6.07, 6.45) is 7.14. The van der Waals surface area contributed by atoms with Gasteiger partial charge >= 0.3 is 122 Å². The van der Waals surface area contributed by atoms with Crippen molar-refractivity contribution >= 4 is 35.4 Å². The van der Waals surface area contributed by atoms with Crippen LogP contribution >= 0.6 is 11.3 Å². The van der Waals surface area contributed by atoms with Crippen molar-refractivity contribution in [3.8, 4) is 0 Å². The Bertz CT molecular complexity index is 341. The molecule has 0 aliphatic rings. The van der Waals surface area contributed by atoms with E-state index in [1.807, 2.05) is 2.89 Å². The number of unbranched alkanes of at least 4 members (excludes halogenated alkanes) is 2. The summed E-state index contributed by atoms with van der Waals surface area (Å²) in [4.78, 5) is 1.56. The number of hydrogen-bond donors (Lipinski definition) is 0. The molecule has 0 fully saturated rings. The van der Waals surface area contributed by atoms with Crippen LogP contribution in [-0.4, -0.2) is 21.1 Å². The number of aryl methyl sites for hydroxylation is 1. The predicted octanol–water partition coefficient (Wildman–Crippen LogP) is 4.78. The summed E-state index contributed by atoms with van der Waals surface area (Å²) in [5.74, 6) is 0. The van der Waals surface area contributed by atoms with Crippen LogP contribution < -0.4 is 2.89 Å². The molecule has 0 saturated heterocycles. The molecule has 1 heterocycles. The number of hydrogen-bond acceptors (Lipinski definition) is 1. The first kappa shape index (κ1) is 15.6. The third kappa shape index (κ3) is 4.59. The van der Waals surface area contributed by atoms with Crippen LogP contribution in [0.4, 0.5) is 0 Å². The molecule has 0 N–H and O–H groups in total. The molecule has 17 heavy (non-hydrogen) atoms. The van der Waals surface area contributed by atoms with E-state index in [0.717, 1.165) is 3.93 Å². The second-order valence-corrected chi connectivity index (χ2v) is 11.8. The molecular formula is C15H26SSn. The van der Waals surface area contributed by atoms with Crippen molar-refractivity contribution in [3.05, 3.63) is 16.0 Å². The van der Waals surface area contributed by atoms with Crippen LogP contribution in [0.25, 0.3) is 0 Å². The average Bonchev–Trinajstić information content (AvgIpc) is 2.56. The van der Waals surface area contributed by atoms with Crippen LogP contribution in [0.3, 0.4) is 0 Å². The van der Waals surface area contributed by atoms with E-state index in [1.54, 1.807) is 16.0 Å². The fourth-order valence-corrected chi connectivity index (χ4v) is 9.78. The van der Waals surface area contributed by atoms with Gasteiger partial charge in [0.25, 0.3) is 0 Å². The Hall–Kier alpha value is 0.499. The zero-order valence-electron chi connectivity index (χ0n) is 12.0. The molecule has 0 bridgehead atoms. The van der Waals surface area contributed by atoms with Crippen molar-refractivity contribution in [1.29, 1.82) is 0 Å². The topological polar surface area (TPSA) is 0 Å². The summed E-state index contributed by atoms with van der Waals surface area (Å²) in [7, 11) is 0. The van der Waals surface area contributed by atoms with Gasteiger partial charge in [0.1, 0.15) is 0 Å². The van der Waals surface area contributed by atoms with Gasteiger partial charge in [-0.1, -0.05) is 0 Å². The molecule has 0 aliphatic carbocycles. The first-order chi connectivity index (χ1) is 8.10. The average molecular weight is 357 g/mol. The van der Waals surface area contributed by atoms with Crippen LogP contribution in [0, 0.1) is 20.8 Å². The van der Waals surface area contributed by atoms with Crippen molar-refractivity contribution in [2.75, 3.05) is 0 Å². The van der Waals surface area contributed by atoms with Gasteiger partial charge in [-0.15, -0.1) is 0 Å². The Morgan fingerprint density at radius 1 is 1.06 bits per heavy atom. The Labute approximate surface area is 121 Å². The molecule has 96 valence electrons. The Kier molecular flexibility index (Phi) is 7.16. The molecule has 0 saturated carbocycles. The van der Waals surface area contributed by atoms with Gasteiger partial charge in [-0.2, -0.15) is 0 Å². The van der Waals surface area contributed by atoms with Crippen LogP contribution in [0.2, 0.25) is 3.93 Å². The van der Waals surface area contributed by atoms with Crippen molar-refractivity contribution in [1.82, 2.24) is 0 Å². The van der Waals surface area contributed by atoms with E-state index >= 15 is 0 Å². The van der Waals surface area contributed by atoms with Gasteiger partial charge in [-0.05, 0) is 0 Å². The quantitative estimate of drug-likeness (QED) is 0.487. The minimum absolute atomic E-state index is 0.338. The zero-order valence-corrected chi connectivity index (χ0v) is 15.7. The van der Waals surface area contributed by atoms with Gasteiger partial charge < -0.3 is 0 Å². The SMILES string of the molecule is CCCCC[CH](CC)[Sn][c]1sc(C)c(C)c1C. The Morgan fingerprint density at radius 2 is 1.76 bits per heavy atom. The van der Waals surface area contributed by atoms with E-state index in [2.05, 4.69) is 46.0 Å². The molecule has 0 aliphatic heterocycles. The predicted molar refractivity (Wildman–Crippen MR) is 82.1 cm³/mol. The van der Waals surface area contributed by atoms with Gasteiger partial charge in [-0.3, -0.25) is 0 Å². The third-order valence-electron chi connectivity index (χ3n) is 3.67. The van der Waals surface area contributed by atoms with Gasteiger partial charge in [-0.25, -0.2) is 0 Å². The van der Waals surface area contributed by atoms with Crippen molar-refractivity contribution in [2.45, 2.75) is 70.7 Å². The molecule has 0 amide bonds. The molecular weight excluding hydrogens is 331 g/mol. The summed E-state index contributed by atoms with van der Waals surface area (Å²) < 4.78 is 2.88. The first-order valence-electron chi connectivity index (χ1n) is 6.93. The van der Waals surface area contributed by atoms with E-state index < -0.39 is 0 Å². The third-order valence-corrected chi connectivity index (χ3v) is 11.4. The molecule has 1 unspecified atom stereocenters. The molecule has 0 spiro atoms. The monoisotopic (exact) mass is 358 g/mol. The molecule has 1 atom stereocenters. The second kappa shape index (κ2) is 7.83. The molecule has 0 nitrogen and oxygen atoms in total. The van der Waals surface area contributed by atoms with E-state index in [0.29, 0.717) is 0 Å². The molecule has 0 aromatic carbocycles. The number of rotatable bonds is 7.